The summed E-state index contributed by atoms with van der Waals surface area (Å²) in [7, 11) is 0. The minimum atomic E-state index is -0.194. The van der Waals surface area contributed by atoms with Crippen LogP contribution in [0.15, 0.2) is 72.8 Å². The van der Waals surface area contributed by atoms with E-state index in [9.17, 15) is 4.39 Å². The summed E-state index contributed by atoms with van der Waals surface area (Å²) in [6, 6.07) is 23.8. The largest absolute Gasteiger partial charge is 0.367 e. The monoisotopic (exact) mass is 441 g/mol. The second-order valence-corrected chi connectivity index (χ2v) is 9.73. The average molecular weight is 442 g/mol. The van der Waals surface area contributed by atoms with Gasteiger partial charge in [0.15, 0.2) is 0 Å². The molecule has 1 nitrogen and oxygen atoms in total. The first kappa shape index (κ1) is 24.6. The van der Waals surface area contributed by atoms with Gasteiger partial charge in [0.1, 0.15) is 5.82 Å². The number of benzene rings is 3. The average Bonchev–Trinajstić information content (AvgIpc) is 2.81. The number of nitrogens with zero attached hydrogens (tertiary/aromatic N) is 1. The Labute approximate surface area is 199 Å². The highest BCUT2D eigenvalue weighted by Crippen LogP contribution is 2.22. The van der Waals surface area contributed by atoms with Crippen LogP contribution in [0, 0.1) is 17.7 Å². The van der Waals surface area contributed by atoms with Crippen molar-refractivity contribution in [1.29, 1.82) is 0 Å². The lowest BCUT2D eigenvalue weighted by Gasteiger charge is -2.25. The quantitative estimate of drug-likeness (QED) is 0.252. The third-order valence-electron chi connectivity index (χ3n) is 5.90. The van der Waals surface area contributed by atoms with E-state index >= 15 is 0 Å². The minimum Gasteiger partial charge on any atom is -0.367 e. The molecule has 0 radical (unpaired) electrons. The molecule has 0 bridgehead atoms. The maximum Gasteiger partial charge on any atom is 0.123 e. The topological polar surface area (TPSA) is 3.24 Å². The van der Waals surface area contributed by atoms with Gasteiger partial charge < -0.3 is 4.90 Å². The molecule has 0 aliphatic carbocycles. The van der Waals surface area contributed by atoms with Gasteiger partial charge in [0.25, 0.3) is 0 Å². The molecule has 0 N–H and O–H groups in total. The minimum absolute atomic E-state index is 0.152. The van der Waals surface area contributed by atoms with Crippen molar-refractivity contribution in [1.82, 2.24) is 0 Å². The molecule has 0 saturated heterocycles. The highest BCUT2D eigenvalue weighted by Gasteiger charge is 2.12. The maximum atomic E-state index is 13.4. The van der Waals surface area contributed by atoms with Crippen LogP contribution in [0.25, 0.3) is 0 Å². The van der Waals surface area contributed by atoms with Crippen LogP contribution < -0.4 is 4.90 Å². The first-order valence-electron chi connectivity index (χ1n) is 12.1. The van der Waals surface area contributed by atoms with Crippen LogP contribution >= 0.6 is 0 Å². The zero-order chi connectivity index (χ0) is 23.7. The molecule has 3 rings (SSSR count). The molecule has 0 aliphatic rings. The Morgan fingerprint density at radius 1 is 0.727 bits per heavy atom. The Kier molecular flexibility index (Phi) is 8.72. The molecule has 0 fully saturated rings. The van der Waals surface area contributed by atoms with E-state index in [-0.39, 0.29) is 11.2 Å². The van der Waals surface area contributed by atoms with E-state index in [2.05, 4.69) is 93.0 Å². The molecule has 33 heavy (non-hydrogen) atoms. The van der Waals surface area contributed by atoms with Crippen LogP contribution in [0.3, 0.4) is 0 Å². The van der Waals surface area contributed by atoms with Crippen molar-refractivity contribution in [2.24, 2.45) is 0 Å². The molecule has 0 aliphatic heterocycles. The summed E-state index contributed by atoms with van der Waals surface area (Å²) >= 11 is 0. The normalized spacial score (nSPS) is 11.1. The van der Waals surface area contributed by atoms with Crippen LogP contribution in [0.1, 0.15) is 75.6 Å². The third kappa shape index (κ3) is 7.79. The van der Waals surface area contributed by atoms with Crippen molar-refractivity contribution in [3.63, 3.8) is 0 Å². The fraction of sp³-hybridized carbons (Fsp3) is 0.355. The molecular weight excluding hydrogens is 405 g/mol. The summed E-state index contributed by atoms with van der Waals surface area (Å²) < 4.78 is 13.4. The third-order valence-corrected chi connectivity index (χ3v) is 5.90. The number of hydrogen-bond donors (Lipinski definition) is 0. The summed E-state index contributed by atoms with van der Waals surface area (Å²) in [6.07, 6.45) is 4.84. The number of rotatable bonds is 8. The van der Waals surface area contributed by atoms with E-state index in [0.29, 0.717) is 0 Å². The summed E-state index contributed by atoms with van der Waals surface area (Å²) in [4.78, 5) is 2.34. The Bertz CT molecular complexity index is 1050. The Morgan fingerprint density at radius 3 is 1.85 bits per heavy atom. The smallest absolute Gasteiger partial charge is 0.123 e. The molecule has 0 heterocycles. The molecule has 0 aromatic heterocycles. The lowest BCUT2D eigenvalue weighted by molar-refractivity contribution is 0.590. The van der Waals surface area contributed by atoms with E-state index in [0.717, 1.165) is 36.3 Å². The first-order valence-corrected chi connectivity index (χ1v) is 12.1. The van der Waals surface area contributed by atoms with Crippen molar-refractivity contribution in [2.45, 2.75) is 65.3 Å². The molecule has 172 valence electrons. The molecule has 3 aromatic carbocycles. The molecule has 0 atom stereocenters. The maximum absolute atomic E-state index is 13.4. The van der Waals surface area contributed by atoms with Crippen molar-refractivity contribution in [3.05, 3.63) is 101 Å². The van der Waals surface area contributed by atoms with Crippen LogP contribution in [-0.2, 0) is 12.0 Å². The Balaban J connectivity index is 1.67. The van der Waals surface area contributed by atoms with Crippen molar-refractivity contribution in [3.8, 4) is 11.8 Å². The second-order valence-electron chi connectivity index (χ2n) is 9.73. The van der Waals surface area contributed by atoms with Gasteiger partial charge in [-0.05, 0) is 71.5 Å². The van der Waals surface area contributed by atoms with E-state index in [1.165, 1.54) is 30.4 Å². The van der Waals surface area contributed by atoms with E-state index < -0.39 is 0 Å². The zero-order valence-corrected chi connectivity index (χ0v) is 20.5. The molecule has 0 spiro atoms. The predicted molar refractivity (Wildman–Crippen MR) is 139 cm³/mol. The molecular formula is C31H36FN. The Hall–Kier alpha value is -3.05. The fourth-order valence-electron chi connectivity index (χ4n) is 3.79. The van der Waals surface area contributed by atoms with Crippen LogP contribution in [0.5, 0.6) is 0 Å². The second kappa shape index (κ2) is 11.7. The van der Waals surface area contributed by atoms with Crippen LogP contribution in [0.2, 0.25) is 0 Å². The fourth-order valence-corrected chi connectivity index (χ4v) is 3.79. The molecule has 0 unspecified atom stereocenters. The number of hydrogen-bond acceptors (Lipinski definition) is 1. The SMILES string of the molecule is CCCCCCN(Cc1ccc(C#Cc2ccc(C(C)(C)C)cc2)cc1)c1ccc(F)cc1. The van der Waals surface area contributed by atoms with Crippen LogP contribution in [0.4, 0.5) is 10.1 Å². The molecule has 0 saturated carbocycles. The lowest BCUT2D eigenvalue weighted by Crippen LogP contribution is -2.23. The van der Waals surface area contributed by atoms with Crippen LogP contribution in [-0.4, -0.2) is 6.54 Å². The molecule has 2 heteroatoms. The highest BCUT2D eigenvalue weighted by molar-refractivity contribution is 5.48. The van der Waals surface area contributed by atoms with Crippen molar-refractivity contribution in [2.75, 3.05) is 11.4 Å². The van der Waals surface area contributed by atoms with E-state index in [1.54, 1.807) is 12.1 Å². The molecule has 3 aromatic rings. The van der Waals surface area contributed by atoms with Gasteiger partial charge in [0.2, 0.25) is 0 Å². The summed E-state index contributed by atoms with van der Waals surface area (Å²) in [5.74, 6) is 6.36. The summed E-state index contributed by atoms with van der Waals surface area (Å²) in [5.41, 5.74) is 5.80. The lowest BCUT2D eigenvalue weighted by atomic mass is 9.87. The van der Waals surface area contributed by atoms with Crippen molar-refractivity contribution < 1.29 is 4.39 Å². The number of halogens is 1. The van der Waals surface area contributed by atoms with Gasteiger partial charge in [0, 0.05) is 29.9 Å². The standard InChI is InChI=1S/C31H36FN/c1-5-6-7-8-23-33(30-21-19-29(32)20-22-30)24-27-13-11-25(12-14-27)9-10-26-15-17-28(18-16-26)31(2,3)4/h11-22H,5-8,23-24H2,1-4H3. The summed E-state index contributed by atoms with van der Waals surface area (Å²) in [5, 5.41) is 0. The Morgan fingerprint density at radius 2 is 1.30 bits per heavy atom. The van der Waals surface area contributed by atoms with Gasteiger partial charge in [-0.1, -0.05) is 83.1 Å². The van der Waals surface area contributed by atoms with Gasteiger partial charge >= 0.3 is 0 Å². The van der Waals surface area contributed by atoms with Gasteiger partial charge in [-0.2, -0.15) is 0 Å². The highest BCUT2D eigenvalue weighted by atomic mass is 19.1. The van der Waals surface area contributed by atoms with E-state index in [4.69, 9.17) is 0 Å². The predicted octanol–water partition coefficient (Wildman–Crippen LogP) is 8.11. The van der Waals surface area contributed by atoms with Gasteiger partial charge in [-0.3, -0.25) is 0 Å². The molecule has 0 amide bonds. The number of anilines is 1. The zero-order valence-electron chi connectivity index (χ0n) is 20.5. The van der Waals surface area contributed by atoms with Crippen molar-refractivity contribution >= 4 is 5.69 Å². The van der Waals surface area contributed by atoms with Gasteiger partial charge in [0.05, 0.1) is 0 Å². The number of unbranched alkanes of at least 4 members (excludes halogenated alkanes) is 3. The van der Waals surface area contributed by atoms with Gasteiger partial charge in [-0.25, -0.2) is 4.39 Å². The van der Waals surface area contributed by atoms with E-state index in [1.807, 2.05) is 12.1 Å². The first-order chi connectivity index (χ1) is 15.8. The van der Waals surface area contributed by atoms with Gasteiger partial charge in [-0.15, -0.1) is 0 Å². The summed E-state index contributed by atoms with van der Waals surface area (Å²) in [6.45, 7) is 10.7.